The lowest BCUT2D eigenvalue weighted by molar-refractivity contribution is 0.486. The Morgan fingerprint density at radius 3 is 2.27 bits per heavy atom. The van der Waals surface area contributed by atoms with Crippen molar-refractivity contribution in [3.8, 4) is 0 Å². The Bertz CT molecular complexity index is 222. The largest absolute Gasteiger partial charge is 0.367 e. The van der Waals surface area contributed by atoms with Crippen molar-refractivity contribution in [2.45, 2.75) is 13.8 Å². The third-order valence-corrected chi connectivity index (χ3v) is 1.20. The summed E-state index contributed by atoms with van der Waals surface area (Å²) in [4.78, 5) is 3.73. The molecule has 0 radical (unpaired) electrons. The summed E-state index contributed by atoms with van der Waals surface area (Å²) < 4.78 is 25.2. The van der Waals surface area contributed by atoms with Gasteiger partial charge in [-0.3, -0.25) is 4.99 Å². The molecule has 0 aliphatic rings. The molecule has 0 amide bonds. The first-order valence-corrected chi connectivity index (χ1v) is 4.68. The molecule has 0 saturated carbocycles. The van der Waals surface area contributed by atoms with Crippen LogP contribution in [-0.4, -0.2) is 27.1 Å². The van der Waals surface area contributed by atoms with Gasteiger partial charge in [-0.05, 0) is 6.92 Å². The van der Waals surface area contributed by atoms with Gasteiger partial charge in [-0.1, -0.05) is 0 Å². The molecule has 0 saturated heterocycles. The number of aliphatic imine (C=N–C) groups is 1. The normalized spacial score (nSPS) is 12.1. The molecule has 0 N–H and O–H groups in total. The van der Waals surface area contributed by atoms with Gasteiger partial charge in [0.2, 0.25) is 5.90 Å². The van der Waals surface area contributed by atoms with E-state index in [4.69, 9.17) is 0 Å². The van der Waals surface area contributed by atoms with E-state index in [9.17, 15) is 8.42 Å². The highest BCUT2D eigenvalue weighted by Crippen LogP contribution is 1.89. The number of nitrogens with zero attached hydrogens (tertiary/aromatic N) is 1. The van der Waals surface area contributed by atoms with Crippen LogP contribution in [0.3, 0.4) is 0 Å². The Kier molecular flexibility index (Phi) is 6.50. The molecule has 0 aromatic heterocycles. The highest BCUT2D eigenvalue weighted by molar-refractivity contribution is 7.86. The Morgan fingerprint density at radius 2 is 2.00 bits per heavy atom. The van der Waals surface area contributed by atoms with E-state index in [0.29, 0.717) is 6.54 Å². The van der Waals surface area contributed by atoms with Crippen molar-refractivity contribution in [1.29, 1.82) is 0 Å². The molecule has 0 bridgehead atoms. The molecule has 4 nitrogen and oxygen atoms in total. The van der Waals surface area contributed by atoms with Gasteiger partial charge in [0.15, 0.2) is 0 Å². The lowest BCUT2D eigenvalue weighted by Gasteiger charge is -1.98. The van der Waals surface area contributed by atoms with Crippen molar-refractivity contribution < 1.29 is 12.6 Å². The van der Waals surface area contributed by atoms with Gasteiger partial charge in [0, 0.05) is 13.5 Å². The van der Waals surface area contributed by atoms with E-state index in [1.165, 1.54) is 6.92 Å². The maximum atomic E-state index is 10.4. The van der Waals surface area contributed by atoms with Crippen molar-refractivity contribution in [3.63, 3.8) is 0 Å². The van der Waals surface area contributed by atoms with E-state index >= 15 is 0 Å². The van der Waals surface area contributed by atoms with Crippen LogP contribution in [0.5, 0.6) is 0 Å². The Balaban J connectivity index is 0. The lowest BCUT2D eigenvalue weighted by Crippen LogP contribution is -2.08. The molecule has 68 valence electrons. The van der Waals surface area contributed by atoms with Gasteiger partial charge in [0.25, 0.3) is 0 Å². The molecular formula is C5H12ClNO3S. The summed E-state index contributed by atoms with van der Waals surface area (Å²) in [5.41, 5.74) is 0. The fraction of sp³-hybridized carbons (Fsp3) is 0.800. The minimum Gasteiger partial charge on any atom is -0.367 e. The van der Waals surface area contributed by atoms with Gasteiger partial charge in [-0.15, -0.1) is 12.4 Å². The Morgan fingerprint density at radius 1 is 1.55 bits per heavy atom. The van der Waals surface area contributed by atoms with Crippen LogP contribution in [0.25, 0.3) is 0 Å². The molecule has 11 heavy (non-hydrogen) atoms. The average Bonchev–Trinajstić information content (AvgIpc) is 1.59. The number of halogens is 1. The van der Waals surface area contributed by atoms with E-state index in [1.807, 2.05) is 0 Å². The van der Waals surface area contributed by atoms with Gasteiger partial charge in [-0.2, -0.15) is 8.42 Å². The highest BCUT2D eigenvalue weighted by Gasteiger charge is 2.01. The first-order valence-electron chi connectivity index (χ1n) is 2.86. The third-order valence-electron chi connectivity index (χ3n) is 0.653. The standard InChI is InChI=1S/C5H11NO3S.ClH/c1-4-6-5(2)9-10(3,7)8;/h4H2,1-3H3;1H. The molecule has 0 atom stereocenters. The zero-order chi connectivity index (χ0) is 8.20. The summed E-state index contributed by atoms with van der Waals surface area (Å²) >= 11 is 0. The molecule has 0 aliphatic carbocycles. The van der Waals surface area contributed by atoms with Gasteiger partial charge >= 0.3 is 10.1 Å². The third kappa shape index (κ3) is 9.71. The second-order valence-corrected chi connectivity index (χ2v) is 3.36. The van der Waals surface area contributed by atoms with E-state index in [2.05, 4.69) is 9.18 Å². The smallest absolute Gasteiger partial charge is 0.307 e. The minimum atomic E-state index is -3.38. The maximum absolute atomic E-state index is 10.4. The fourth-order valence-electron chi connectivity index (χ4n) is 0.468. The molecule has 0 spiro atoms. The second kappa shape index (κ2) is 5.37. The van der Waals surface area contributed by atoms with Crippen molar-refractivity contribution in [2.75, 3.05) is 12.8 Å². The molecule has 6 heteroatoms. The first-order chi connectivity index (χ1) is 4.45. The molecule has 0 heterocycles. The minimum absolute atomic E-state index is 0. The quantitative estimate of drug-likeness (QED) is 0.378. The van der Waals surface area contributed by atoms with Crippen LogP contribution in [0.15, 0.2) is 4.99 Å². The fourth-order valence-corrected chi connectivity index (χ4v) is 0.959. The predicted octanol–water partition coefficient (Wildman–Crippen LogP) is 0.823. The van der Waals surface area contributed by atoms with Crippen LogP contribution in [0.2, 0.25) is 0 Å². The van der Waals surface area contributed by atoms with Crippen LogP contribution >= 0.6 is 12.4 Å². The van der Waals surface area contributed by atoms with Crippen molar-refractivity contribution in [2.24, 2.45) is 4.99 Å². The summed E-state index contributed by atoms with van der Waals surface area (Å²) in [5.74, 6) is 0.185. The SMILES string of the molecule is CCN=C(C)OS(C)(=O)=O.Cl. The molecule has 0 rings (SSSR count). The average molecular weight is 202 g/mol. The molecule has 0 fully saturated rings. The van der Waals surface area contributed by atoms with Crippen LogP contribution in [0, 0.1) is 0 Å². The Labute approximate surface area is 73.2 Å². The van der Waals surface area contributed by atoms with E-state index in [1.54, 1.807) is 6.92 Å². The summed E-state index contributed by atoms with van der Waals surface area (Å²) in [6, 6.07) is 0. The van der Waals surface area contributed by atoms with Crippen LogP contribution < -0.4 is 0 Å². The number of hydrogen-bond acceptors (Lipinski definition) is 4. The summed E-state index contributed by atoms with van der Waals surface area (Å²) in [5, 5.41) is 0. The van der Waals surface area contributed by atoms with Crippen LogP contribution in [0.4, 0.5) is 0 Å². The van der Waals surface area contributed by atoms with Crippen molar-refractivity contribution in [1.82, 2.24) is 0 Å². The summed E-state index contributed by atoms with van der Waals surface area (Å²) in [6.07, 6.45) is 0.988. The monoisotopic (exact) mass is 201 g/mol. The van der Waals surface area contributed by atoms with Gasteiger partial charge in [0.1, 0.15) is 0 Å². The Hall–Kier alpha value is -0.290. The van der Waals surface area contributed by atoms with Gasteiger partial charge in [0.05, 0.1) is 6.26 Å². The van der Waals surface area contributed by atoms with Gasteiger partial charge in [-0.25, -0.2) is 0 Å². The summed E-state index contributed by atoms with van der Waals surface area (Å²) in [7, 11) is -3.38. The van der Waals surface area contributed by atoms with Crippen LogP contribution in [-0.2, 0) is 14.3 Å². The topological polar surface area (TPSA) is 55.7 Å². The molecule has 0 aromatic carbocycles. The predicted molar refractivity (Wildman–Crippen MR) is 46.8 cm³/mol. The maximum Gasteiger partial charge on any atom is 0.307 e. The van der Waals surface area contributed by atoms with E-state index in [-0.39, 0.29) is 18.3 Å². The molecule has 0 aromatic rings. The lowest BCUT2D eigenvalue weighted by atomic mass is 10.7. The number of rotatable bonds is 2. The zero-order valence-electron chi connectivity index (χ0n) is 6.70. The van der Waals surface area contributed by atoms with E-state index < -0.39 is 10.1 Å². The molecular weight excluding hydrogens is 190 g/mol. The van der Waals surface area contributed by atoms with Crippen LogP contribution in [0.1, 0.15) is 13.8 Å². The zero-order valence-corrected chi connectivity index (χ0v) is 8.33. The van der Waals surface area contributed by atoms with Crippen molar-refractivity contribution >= 4 is 28.4 Å². The van der Waals surface area contributed by atoms with E-state index in [0.717, 1.165) is 6.26 Å². The second-order valence-electron chi connectivity index (χ2n) is 1.78. The highest BCUT2D eigenvalue weighted by atomic mass is 35.5. The molecule has 0 unspecified atom stereocenters. The van der Waals surface area contributed by atoms with Crippen molar-refractivity contribution in [3.05, 3.63) is 0 Å². The number of hydrogen-bond donors (Lipinski definition) is 0. The first kappa shape index (κ1) is 13.3. The van der Waals surface area contributed by atoms with Gasteiger partial charge < -0.3 is 4.18 Å². The molecule has 0 aliphatic heterocycles. The summed E-state index contributed by atoms with van der Waals surface area (Å²) in [6.45, 7) is 3.83.